The van der Waals surface area contributed by atoms with Crippen molar-refractivity contribution in [2.45, 2.75) is 71.5 Å². The van der Waals surface area contributed by atoms with Crippen LogP contribution in [0.4, 0.5) is 10.1 Å². The SMILES string of the molecule is CC(=O)/C=C/C(C)=O.CCCCCCCCN1CCN(c2cccc(CF)c2)CC1.CN1C=CC(=O)NC1S.CO. The van der Waals surface area contributed by atoms with Gasteiger partial charge in [-0.2, -0.15) is 0 Å². The Bertz CT molecular complexity index is 920. The number of piperazine rings is 1. The van der Waals surface area contributed by atoms with Crippen LogP contribution in [0.5, 0.6) is 0 Å². The third-order valence-electron chi connectivity index (χ3n) is 6.30. The normalized spacial score (nSPS) is 16.5. The number of amides is 1. The molecule has 2 heterocycles. The number of anilines is 1. The Hall–Kier alpha value is -2.69. The predicted octanol–water partition coefficient (Wildman–Crippen LogP) is 4.74. The molecule has 0 aliphatic carbocycles. The first-order valence-corrected chi connectivity index (χ1v) is 14.8. The Morgan fingerprint density at radius 2 is 1.61 bits per heavy atom. The lowest BCUT2D eigenvalue weighted by atomic mass is 10.1. The molecule has 232 valence electrons. The first kappa shape index (κ1) is 38.3. The maximum Gasteiger partial charge on any atom is 0.247 e. The molecule has 0 bridgehead atoms. The number of halogens is 1. The van der Waals surface area contributed by atoms with Crippen LogP contribution in [0.15, 0.2) is 48.7 Å². The number of rotatable bonds is 11. The average molecular weight is 595 g/mol. The average Bonchev–Trinajstić information content (AvgIpc) is 2.98. The topological polar surface area (TPSA) is 93.2 Å². The highest BCUT2D eigenvalue weighted by atomic mass is 32.1. The van der Waals surface area contributed by atoms with Gasteiger partial charge in [-0.25, -0.2) is 4.39 Å². The van der Waals surface area contributed by atoms with E-state index >= 15 is 0 Å². The zero-order valence-corrected chi connectivity index (χ0v) is 26.4. The van der Waals surface area contributed by atoms with Gasteiger partial charge in [0.2, 0.25) is 5.91 Å². The number of carbonyl (C=O) groups is 3. The van der Waals surface area contributed by atoms with Crippen LogP contribution in [0.1, 0.15) is 64.9 Å². The lowest BCUT2D eigenvalue weighted by Gasteiger charge is -2.36. The number of nitrogens with zero attached hydrogens (tertiary/aromatic N) is 3. The van der Waals surface area contributed by atoms with Gasteiger partial charge in [0.05, 0.1) is 0 Å². The number of carbonyl (C=O) groups excluding carboxylic acids is 3. The first-order valence-electron chi connectivity index (χ1n) is 14.3. The molecule has 41 heavy (non-hydrogen) atoms. The number of hydrogen-bond acceptors (Lipinski definition) is 8. The van der Waals surface area contributed by atoms with Crippen LogP contribution in [-0.4, -0.2) is 84.8 Å². The Kier molecular flexibility index (Phi) is 22.4. The van der Waals surface area contributed by atoms with Crippen LogP contribution in [-0.2, 0) is 21.1 Å². The second-order valence-corrected chi connectivity index (χ2v) is 10.3. The summed E-state index contributed by atoms with van der Waals surface area (Å²) >= 11 is 4.06. The van der Waals surface area contributed by atoms with E-state index in [0.717, 1.165) is 38.9 Å². The summed E-state index contributed by atoms with van der Waals surface area (Å²) in [6.45, 7) is 10.3. The minimum atomic E-state index is -0.369. The van der Waals surface area contributed by atoms with Crippen LogP contribution >= 0.6 is 12.6 Å². The van der Waals surface area contributed by atoms with Gasteiger partial charge in [0.15, 0.2) is 11.6 Å². The summed E-state index contributed by atoms with van der Waals surface area (Å²) in [7, 11) is 2.84. The molecule has 1 saturated heterocycles. The van der Waals surface area contributed by atoms with Gasteiger partial charge in [-0.1, -0.05) is 51.2 Å². The number of aliphatic hydroxyl groups excluding tert-OH is 1. The Morgan fingerprint density at radius 3 is 2.12 bits per heavy atom. The lowest BCUT2D eigenvalue weighted by molar-refractivity contribution is -0.118. The summed E-state index contributed by atoms with van der Waals surface area (Å²) in [5.41, 5.74) is 1.78. The van der Waals surface area contributed by atoms with Crippen LogP contribution < -0.4 is 10.2 Å². The van der Waals surface area contributed by atoms with E-state index in [9.17, 15) is 18.8 Å². The molecule has 1 amide bonds. The molecule has 2 aliphatic heterocycles. The molecule has 1 atom stereocenters. The summed E-state index contributed by atoms with van der Waals surface area (Å²) in [4.78, 5) is 37.5. The largest absolute Gasteiger partial charge is 0.400 e. The van der Waals surface area contributed by atoms with Gasteiger partial charge in [0, 0.05) is 58.3 Å². The summed E-state index contributed by atoms with van der Waals surface area (Å²) in [6.07, 6.45) is 13.9. The number of benzene rings is 1. The summed E-state index contributed by atoms with van der Waals surface area (Å²) in [5, 5.41) is 9.59. The molecule has 1 fully saturated rings. The number of nitrogens with one attached hydrogen (secondary N) is 1. The fourth-order valence-electron chi connectivity index (χ4n) is 3.96. The molecule has 0 saturated carbocycles. The molecule has 0 radical (unpaired) electrons. The number of aliphatic hydroxyl groups is 1. The third kappa shape index (κ3) is 19.1. The molecule has 1 aromatic rings. The third-order valence-corrected chi connectivity index (χ3v) is 6.79. The lowest BCUT2D eigenvalue weighted by Crippen LogP contribution is -2.46. The Labute approximate surface area is 252 Å². The van der Waals surface area contributed by atoms with Crippen LogP contribution in [0.2, 0.25) is 0 Å². The zero-order chi connectivity index (χ0) is 31.0. The number of hydrogen-bond donors (Lipinski definition) is 3. The molecule has 8 nitrogen and oxygen atoms in total. The molecule has 0 aromatic heterocycles. The van der Waals surface area contributed by atoms with Crippen molar-refractivity contribution in [1.29, 1.82) is 0 Å². The Morgan fingerprint density at radius 1 is 1.02 bits per heavy atom. The number of ketones is 2. The summed E-state index contributed by atoms with van der Waals surface area (Å²) in [6, 6.07) is 7.91. The van der Waals surface area contributed by atoms with Crippen molar-refractivity contribution in [2.24, 2.45) is 0 Å². The molecule has 2 aliphatic rings. The highest BCUT2D eigenvalue weighted by Crippen LogP contribution is 2.19. The van der Waals surface area contributed by atoms with Crippen molar-refractivity contribution in [3.63, 3.8) is 0 Å². The van der Waals surface area contributed by atoms with Crippen LogP contribution in [0, 0.1) is 0 Å². The van der Waals surface area contributed by atoms with Crippen molar-refractivity contribution in [1.82, 2.24) is 15.1 Å². The molecular formula is C31H51FN4O4S. The van der Waals surface area contributed by atoms with E-state index in [1.54, 1.807) is 11.1 Å². The van der Waals surface area contributed by atoms with Crippen molar-refractivity contribution in [2.75, 3.05) is 51.8 Å². The van der Waals surface area contributed by atoms with Gasteiger partial charge in [0.1, 0.15) is 12.2 Å². The van der Waals surface area contributed by atoms with Crippen molar-refractivity contribution >= 4 is 35.8 Å². The Balaban J connectivity index is 0.000000692. The minimum absolute atomic E-state index is 0.0897. The van der Waals surface area contributed by atoms with Gasteiger partial charge in [0.25, 0.3) is 0 Å². The van der Waals surface area contributed by atoms with E-state index in [1.807, 2.05) is 25.2 Å². The quantitative estimate of drug-likeness (QED) is 0.194. The molecule has 0 spiro atoms. The number of thiol groups is 1. The van der Waals surface area contributed by atoms with E-state index in [2.05, 4.69) is 40.7 Å². The second kappa shape index (κ2) is 24.0. The van der Waals surface area contributed by atoms with E-state index in [4.69, 9.17) is 5.11 Å². The van der Waals surface area contributed by atoms with Gasteiger partial charge in [-0.15, -0.1) is 12.6 Å². The van der Waals surface area contributed by atoms with E-state index in [1.165, 1.54) is 82.8 Å². The van der Waals surface area contributed by atoms with Gasteiger partial charge in [-0.3, -0.25) is 19.3 Å². The monoisotopic (exact) mass is 594 g/mol. The maximum atomic E-state index is 12.8. The molecule has 3 rings (SSSR count). The molecule has 10 heteroatoms. The molecule has 2 N–H and O–H groups in total. The number of alkyl halides is 1. The smallest absolute Gasteiger partial charge is 0.247 e. The number of unbranched alkanes of at least 4 members (excludes halogenated alkanes) is 5. The van der Waals surface area contributed by atoms with Gasteiger partial charge < -0.3 is 20.2 Å². The molecule has 1 unspecified atom stereocenters. The highest BCUT2D eigenvalue weighted by molar-refractivity contribution is 7.80. The van der Waals surface area contributed by atoms with Crippen molar-refractivity contribution in [3.05, 3.63) is 54.3 Å². The summed E-state index contributed by atoms with van der Waals surface area (Å²) in [5.74, 6) is -0.284. The molecular weight excluding hydrogens is 543 g/mol. The fraction of sp³-hybridized carbons (Fsp3) is 0.581. The highest BCUT2D eigenvalue weighted by Gasteiger charge is 2.17. The standard InChI is InChI=1S/C19H31FN2.C6H8O2.C5H8N2OS.CH4O/c1-2-3-4-5-6-7-11-21-12-14-22(15-13-21)19-10-8-9-18(16-19)17-20;1-5(7)3-4-6(2)8;1-7-3-2-4(8)6-5(7)9;1-2/h8-10,16H,2-7,11-15,17H2,1H3;3-4H,1-2H3;2-3,5,9H,1H3,(H,6,8);2H,1H3/b;4-3+;;. The van der Waals surface area contributed by atoms with Crippen LogP contribution in [0.3, 0.4) is 0 Å². The number of allylic oxidation sites excluding steroid dienone is 2. The maximum absolute atomic E-state index is 12.8. The van der Waals surface area contributed by atoms with Crippen molar-refractivity contribution < 1.29 is 23.9 Å². The molecule has 1 aromatic carbocycles. The van der Waals surface area contributed by atoms with E-state index in [-0.39, 0.29) is 29.6 Å². The first-order chi connectivity index (χ1) is 19.7. The minimum Gasteiger partial charge on any atom is -0.400 e. The fourth-order valence-corrected chi connectivity index (χ4v) is 4.16. The van der Waals surface area contributed by atoms with Gasteiger partial charge in [-0.05, 0) is 56.7 Å². The predicted molar refractivity (Wildman–Crippen MR) is 170 cm³/mol. The summed E-state index contributed by atoms with van der Waals surface area (Å²) < 4.78 is 12.8. The van der Waals surface area contributed by atoms with Crippen molar-refractivity contribution in [3.8, 4) is 0 Å². The van der Waals surface area contributed by atoms with E-state index < -0.39 is 0 Å². The van der Waals surface area contributed by atoms with Crippen LogP contribution in [0.25, 0.3) is 0 Å². The van der Waals surface area contributed by atoms with E-state index in [0.29, 0.717) is 0 Å². The van der Waals surface area contributed by atoms with Gasteiger partial charge >= 0.3 is 0 Å². The second-order valence-electron chi connectivity index (χ2n) is 9.82. The zero-order valence-electron chi connectivity index (χ0n) is 25.5.